The number of rotatable bonds is 2. The van der Waals surface area contributed by atoms with Crippen molar-refractivity contribution in [2.75, 3.05) is 19.8 Å². The van der Waals surface area contributed by atoms with Crippen LogP contribution in [0.25, 0.3) is 11.4 Å². The van der Waals surface area contributed by atoms with Gasteiger partial charge in [0.05, 0.1) is 5.60 Å². The Morgan fingerprint density at radius 2 is 1.83 bits per heavy atom. The van der Waals surface area contributed by atoms with Crippen LogP contribution in [0.1, 0.15) is 31.7 Å². The van der Waals surface area contributed by atoms with Crippen LogP contribution in [0.4, 0.5) is 0 Å². The molecule has 0 radical (unpaired) electrons. The summed E-state index contributed by atoms with van der Waals surface area (Å²) >= 11 is 12.3. The molecule has 0 saturated carbocycles. The van der Waals surface area contributed by atoms with Crippen molar-refractivity contribution in [1.29, 1.82) is 0 Å². The number of hydrogen-bond donors (Lipinski definition) is 0. The van der Waals surface area contributed by atoms with Crippen LogP contribution in [0, 0.1) is 0 Å². The lowest BCUT2D eigenvalue weighted by Gasteiger charge is -2.43. The predicted molar refractivity (Wildman–Crippen MR) is 94.7 cm³/mol. The van der Waals surface area contributed by atoms with E-state index in [1.807, 2.05) is 24.5 Å². The van der Waals surface area contributed by atoms with Gasteiger partial charge in [0, 0.05) is 53.9 Å². The lowest BCUT2D eigenvalue weighted by molar-refractivity contribution is -0.144. The van der Waals surface area contributed by atoms with E-state index in [9.17, 15) is 0 Å². The van der Waals surface area contributed by atoms with Gasteiger partial charge in [-0.2, -0.15) is 0 Å². The van der Waals surface area contributed by atoms with Crippen LogP contribution in [0.3, 0.4) is 0 Å². The van der Waals surface area contributed by atoms with E-state index in [1.165, 1.54) is 0 Å². The Hall–Kier alpha value is -1.07. The van der Waals surface area contributed by atoms with Gasteiger partial charge in [0.2, 0.25) is 0 Å². The summed E-state index contributed by atoms with van der Waals surface area (Å²) in [6.45, 7) is 2.35. The summed E-state index contributed by atoms with van der Waals surface area (Å²) in [4.78, 5) is 4.56. The van der Waals surface area contributed by atoms with Crippen LogP contribution in [0.15, 0.2) is 30.6 Å². The van der Waals surface area contributed by atoms with Crippen molar-refractivity contribution in [1.82, 2.24) is 9.55 Å². The third kappa shape index (κ3) is 3.21. The van der Waals surface area contributed by atoms with E-state index in [4.69, 9.17) is 32.7 Å². The highest BCUT2D eigenvalue weighted by atomic mass is 35.5. The molecular formula is C18H20Cl2N2O2. The summed E-state index contributed by atoms with van der Waals surface area (Å²) < 4.78 is 13.9. The standard InChI is InChI=1S/C18H20Cl2N2O2/c19-14-9-13(10-15(20)11-14)17-21-4-5-22(17)16-1-6-24-18(12-16)2-7-23-8-3-18/h4-5,9-11,16H,1-3,6-8,12H2. The lowest BCUT2D eigenvalue weighted by atomic mass is 9.84. The maximum Gasteiger partial charge on any atom is 0.140 e. The highest BCUT2D eigenvalue weighted by Gasteiger charge is 2.40. The van der Waals surface area contributed by atoms with Gasteiger partial charge in [-0.1, -0.05) is 23.2 Å². The first kappa shape index (κ1) is 16.4. The molecule has 6 heteroatoms. The molecule has 0 bridgehead atoms. The second-order valence-electron chi connectivity index (χ2n) is 6.61. The minimum absolute atomic E-state index is 0.0469. The Balaban J connectivity index is 1.64. The summed E-state index contributed by atoms with van der Waals surface area (Å²) in [7, 11) is 0. The maximum atomic E-state index is 6.17. The van der Waals surface area contributed by atoms with Crippen LogP contribution in [0.2, 0.25) is 10.0 Å². The third-order valence-corrected chi connectivity index (χ3v) is 5.49. The molecule has 0 amide bonds. The summed E-state index contributed by atoms with van der Waals surface area (Å²) in [6.07, 6.45) is 7.81. The van der Waals surface area contributed by atoms with Crippen molar-refractivity contribution >= 4 is 23.2 Å². The van der Waals surface area contributed by atoms with Gasteiger partial charge in [0.15, 0.2) is 0 Å². The molecule has 2 aromatic rings. The molecule has 3 heterocycles. The van der Waals surface area contributed by atoms with Crippen LogP contribution in [-0.4, -0.2) is 35.0 Å². The van der Waals surface area contributed by atoms with E-state index in [1.54, 1.807) is 6.07 Å². The van der Waals surface area contributed by atoms with Gasteiger partial charge in [-0.15, -0.1) is 0 Å². The molecule has 128 valence electrons. The Labute approximate surface area is 151 Å². The fourth-order valence-electron chi connectivity index (χ4n) is 3.85. The summed E-state index contributed by atoms with van der Waals surface area (Å²) in [5.74, 6) is 0.911. The van der Waals surface area contributed by atoms with Crippen molar-refractivity contribution in [2.24, 2.45) is 0 Å². The van der Waals surface area contributed by atoms with E-state index >= 15 is 0 Å². The van der Waals surface area contributed by atoms with E-state index in [-0.39, 0.29) is 5.60 Å². The van der Waals surface area contributed by atoms with Crippen LogP contribution >= 0.6 is 23.2 Å². The number of aromatic nitrogens is 2. The maximum absolute atomic E-state index is 6.17. The third-order valence-electron chi connectivity index (χ3n) is 5.05. The number of imidazole rings is 1. The number of ether oxygens (including phenoxy) is 2. The zero-order valence-corrected chi connectivity index (χ0v) is 14.9. The Bertz CT molecular complexity index is 700. The molecule has 4 rings (SSSR count). The first-order valence-corrected chi connectivity index (χ1v) is 9.12. The van der Waals surface area contributed by atoms with E-state index in [0.717, 1.165) is 56.9 Å². The van der Waals surface area contributed by atoms with Gasteiger partial charge < -0.3 is 14.0 Å². The van der Waals surface area contributed by atoms with Gasteiger partial charge in [-0.25, -0.2) is 4.98 Å². The van der Waals surface area contributed by atoms with E-state index in [2.05, 4.69) is 9.55 Å². The van der Waals surface area contributed by atoms with Crippen LogP contribution in [0.5, 0.6) is 0 Å². The SMILES string of the molecule is Clc1cc(Cl)cc(-c2nccn2C2CCOC3(CCOCC3)C2)c1. The van der Waals surface area contributed by atoms with Crippen molar-refractivity contribution in [3.05, 3.63) is 40.6 Å². The van der Waals surface area contributed by atoms with E-state index < -0.39 is 0 Å². The Kier molecular flexibility index (Phi) is 4.56. The molecule has 0 aliphatic carbocycles. The van der Waals surface area contributed by atoms with Crippen molar-refractivity contribution in [2.45, 2.75) is 37.3 Å². The van der Waals surface area contributed by atoms with E-state index in [0.29, 0.717) is 16.1 Å². The average Bonchev–Trinajstić information content (AvgIpc) is 3.04. The largest absolute Gasteiger partial charge is 0.381 e. The monoisotopic (exact) mass is 366 g/mol. The van der Waals surface area contributed by atoms with Gasteiger partial charge >= 0.3 is 0 Å². The van der Waals surface area contributed by atoms with Crippen molar-refractivity contribution < 1.29 is 9.47 Å². The second kappa shape index (κ2) is 6.68. The summed E-state index contributed by atoms with van der Waals surface area (Å²) in [5.41, 5.74) is 0.902. The first-order chi connectivity index (χ1) is 11.7. The van der Waals surface area contributed by atoms with Gasteiger partial charge in [-0.05, 0) is 43.9 Å². The minimum Gasteiger partial charge on any atom is -0.381 e. The molecule has 2 aliphatic heterocycles. The number of halogens is 2. The summed E-state index contributed by atoms with van der Waals surface area (Å²) in [6, 6.07) is 5.93. The molecule has 24 heavy (non-hydrogen) atoms. The van der Waals surface area contributed by atoms with Gasteiger partial charge in [0.25, 0.3) is 0 Å². The molecule has 4 nitrogen and oxygen atoms in total. The van der Waals surface area contributed by atoms with Gasteiger partial charge in [0.1, 0.15) is 5.82 Å². The molecule has 2 saturated heterocycles. The Morgan fingerprint density at radius 3 is 2.58 bits per heavy atom. The zero-order chi connectivity index (χ0) is 16.6. The smallest absolute Gasteiger partial charge is 0.140 e. The minimum atomic E-state index is -0.0469. The van der Waals surface area contributed by atoms with Crippen molar-refractivity contribution in [3.63, 3.8) is 0 Å². The zero-order valence-electron chi connectivity index (χ0n) is 13.4. The predicted octanol–water partition coefficient (Wildman–Crippen LogP) is 4.76. The summed E-state index contributed by atoms with van der Waals surface area (Å²) in [5, 5.41) is 1.25. The van der Waals surface area contributed by atoms with Gasteiger partial charge in [-0.3, -0.25) is 0 Å². The highest BCUT2D eigenvalue weighted by molar-refractivity contribution is 6.35. The van der Waals surface area contributed by atoms with Crippen molar-refractivity contribution in [3.8, 4) is 11.4 Å². The number of nitrogens with zero attached hydrogens (tertiary/aromatic N) is 2. The van der Waals surface area contributed by atoms with Crippen LogP contribution < -0.4 is 0 Å². The molecule has 2 aliphatic rings. The fourth-order valence-corrected chi connectivity index (χ4v) is 4.37. The molecular weight excluding hydrogens is 347 g/mol. The molecule has 1 aromatic heterocycles. The topological polar surface area (TPSA) is 36.3 Å². The van der Waals surface area contributed by atoms with Crippen LogP contribution in [-0.2, 0) is 9.47 Å². The molecule has 0 N–H and O–H groups in total. The molecule has 1 spiro atoms. The fraction of sp³-hybridized carbons (Fsp3) is 0.500. The quantitative estimate of drug-likeness (QED) is 0.768. The highest BCUT2D eigenvalue weighted by Crippen LogP contribution is 2.40. The first-order valence-electron chi connectivity index (χ1n) is 8.36. The molecule has 1 atom stereocenters. The molecule has 1 aromatic carbocycles. The normalized spacial score (nSPS) is 23.5. The number of hydrogen-bond acceptors (Lipinski definition) is 3. The Morgan fingerprint density at radius 1 is 1.08 bits per heavy atom. The molecule has 1 unspecified atom stereocenters. The molecule has 2 fully saturated rings. The number of benzene rings is 1. The lowest BCUT2D eigenvalue weighted by Crippen LogP contribution is -2.44. The second-order valence-corrected chi connectivity index (χ2v) is 7.48. The average molecular weight is 367 g/mol.